The summed E-state index contributed by atoms with van der Waals surface area (Å²) in [5, 5.41) is 5.80. The Balaban J connectivity index is 1.62. The van der Waals surface area contributed by atoms with Crippen molar-refractivity contribution in [2.45, 2.75) is 46.5 Å². The molecule has 2 amide bonds. The number of hydrogen-bond acceptors (Lipinski definition) is 5. The van der Waals surface area contributed by atoms with E-state index < -0.39 is 0 Å². The Bertz CT molecular complexity index is 1150. The van der Waals surface area contributed by atoms with E-state index in [1.165, 1.54) is 5.56 Å². The van der Waals surface area contributed by atoms with Gasteiger partial charge in [0.1, 0.15) is 17.2 Å². The summed E-state index contributed by atoms with van der Waals surface area (Å²) in [6, 6.07) is 20.4. The lowest BCUT2D eigenvalue weighted by Gasteiger charge is -2.18. The quantitative estimate of drug-likeness (QED) is 0.245. The lowest BCUT2D eigenvalue weighted by atomic mass is 10.1. The van der Waals surface area contributed by atoms with Crippen LogP contribution in [0.3, 0.4) is 0 Å². The average molecular weight is 505 g/mol. The van der Waals surface area contributed by atoms with Crippen molar-refractivity contribution in [3.05, 3.63) is 77.9 Å². The van der Waals surface area contributed by atoms with Crippen LogP contribution in [0.25, 0.3) is 0 Å². The van der Waals surface area contributed by atoms with Crippen LogP contribution in [0.4, 0.5) is 11.4 Å². The van der Waals surface area contributed by atoms with Gasteiger partial charge in [0.25, 0.3) is 5.91 Å². The van der Waals surface area contributed by atoms with Crippen molar-refractivity contribution in [1.82, 2.24) is 0 Å². The summed E-state index contributed by atoms with van der Waals surface area (Å²) in [6.07, 6.45) is 3.01. The van der Waals surface area contributed by atoms with E-state index >= 15 is 0 Å². The van der Waals surface area contributed by atoms with Crippen LogP contribution >= 0.6 is 0 Å². The van der Waals surface area contributed by atoms with Crippen LogP contribution in [0.2, 0.25) is 0 Å². The summed E-state index contributed by atoms with van der Waals surface area (Å²) < 4.78 is 17.3. The molecule has 0 atom stereocenters. The first-order chi connectivity index (χ1) is 18.0. The van der Waals surface area contributed by atoms with E-state index in [0.717, 1.165) is 18.6 Å². The van der Waals surface area contributed by atoms with Crippen LogP contribution in [0.1, 0.15) is 56.0 Å². The van der Waals surface area contributed by atoms with Gasteiger partial charge in [-0.05, 0) is 56.5 Å². The molecule has 0 aliphatic heterocycles. The molecule has 2 N–H and O–H groups in total. The van der Waals surface area contributed by atoms with Crippen molar-refractivity contribution < 1.29 is 23.8 Å². The molecule has 0 aromatic heterocycles. The fraction of sp³-hybridized carbons (Fsp3) is 0.333. The molecule has 196 valence electrons. The van der Waals surface area contributed by atoms with Crippen molar-refractivity contribution >= 4 is 23.2 Å². The monoisotopic (exact) mass is 504 g/mol. The molecule has 37 heavy (non-hydrogen) atoms. The second-order valence-electron chi connectivity index (χ2n) is 8.42. The minimum atomic E-state index is -0.263. The van der Waals surface area contributed by atoms with Gasteiger partial charge in [0.15, 0.2) is 0 Å². The fourth-order valence-corrected chi connectivity index (χ4v) is 3.77. The predicted octanol–water partition coefficient (Wildman–Crippen LogP) is 6.49. The third-order valence-corrected chi connectivity index (χ3v) is 5.52. The fourth-order valence-electron chi connectivity index (χ4n) is 3.77. The summed E-state index contributed by atoms with van der Waals surface area (Å²) in [4.78, 5) is 25.4. The van der Waals surface area contributed by atoms with Crippen molar-refractivity contribution in [3.63, 3.8) is 0 Å². The topological polar surface area (TPSA) is 85.9 Å². The molecule has 0 saturated heterocycles. The first-order valence-electron chi connectivity index (χ1n) is 12.9. The number of hydrogen-bond donors (Lipinski definition) is 2. The van der Waals surface area contributed by atoms with Gasteiger partial charge in [-0.1, -0.05) is 43.7 Å². The van der Waals surface area contributed by atoms with E-state index in [9.17, 15) is 9.59 Å². The zero-order chi connectivity index (χ0) is 26.5. The van der Waals surface area contributed by atoms with Crippen molar-refractivity contribution in [3.8, 4) is 17.2 Å². The number of nitrogens with one attached hydrogen (secondary N) is 2. The van der Waals surface area contributed by atoms with E-state index in [1.54, 1.807) is 36.4 Å². The highest BCUT2D eigenvalue weighted by atomic mass is 16.5. The highest BCUT2D eigenvalue weighted by molar-refractivity contribution is 6.05. The minimum absolute atomic E-state index is 0.161. The van der Waals surface area contributed by atoms with Crippen molar-refractivity contribution in [2.75, 3.05) is 30.5 Å². The van der Waals surface area contributed by atoms with Gasteiger partial charge in [-0.25, -0.2) is 0 Å². The summed E-state index contributed by atoms with van der Waals surface area (Å²) in [5.41, 5.74) is 2.77. The van der Waals surface area contributed by atoms with Gasteiger partial charge in [0.2, 0.25) is 5.91 Å². The maximum atomic E-state index is 12.7. The number of rotatable bonds is 14. The van der Waals surface area contributed by atoms with E-state index in [2.05, 4.69) is 29.7 Å². The third-order valence-electron chi connectivity index (χ3n) is 5.52. The molecule has 0 radical (unpaired) electrons. The molecule has 3 aromatic carbocycles. The summed E-state index contributed by atoms with van der Waals surface area (Å²) in [5.74, 6) is 1.27. The molecule has 0 aliphatic carbocycles. The van der Waals surface area contributed by atoms with E-state index in [4.69, 9.17) is 14.2 Å². The number of aryl methyl sites for hydroxylation is 1. The third kappa shape index (κ3) is 8.56. The van der Waals surface area contributed by atoms with Gasteiger partial charge in [-0.3, -0.25) is 9.59 Å². The Morgan fingerprint density at radius 2 is 1.38 bits per heavy atom. The average Bonchev–Trinajstić information content (AvgIpc) is 2.91. The number of benzene rings is 3. The van der Waals surface area contributed by atoms with Crippen molar-refractivity contribution in [2.24, 2.45) is 0 Å². The second kappa shape index (κ2) is 14.5. The van der Waals surface area contributed by atoms with E-state index in [1.807, 2.05) is 32.0 Å². The van der Waals surface area contributed by atoms with Crippen LogP contribution in [-0.4, -0.2) is 31.6 Å². The van der Waals surface area contributed by atoms with Crippen LogP contribution in [0, 0.1) is 0 Å². The Morgan fingerprint density at radius 1 is 0.757 bits per heavy atom. The number of anilines is 2. The lowest BCUT2D eigenvalue weighted by Crippen LogP contribution is -2.16. The number of carbonyl (C=O) groups excluding carboxylic acids is 2. The van der Waals surface area contributed by atoms with Crippen molar-refractivity contribution in [1.29, 1.82) is 0 Å². The molecule has 0 aliphatic rings. The van der Waals surface area contributed by atoms with Gasteiger partial charge in [-0.15, -0.1) is 0 Å². The molecular weight excluding hydrogens is 468 g/mol. The molecule has 3 aromatic rings. The zero-order valence-corrected chi connectivity index (χ0v) is 21.8. The highest BCUT2D eigenvalue weighted by Crippen LogP contribution is 2.37. The molecule has 0 bridgehead atoms. The van der Waals surface area contributed by atoms with Gasteiger partial charge in [0.05, 0.1) is 31.2 Å². The lowest BCUT2D eigenvalue weighted by molar-refractivity contribution is -0.116. The first-order valence-corrected chi connectivity index (χ1v) is 12.9. The predicted molar refractivity (Wildman–Crippen MR) is 147 cm³/mol. The van der Waals surface area contributed by atoms with Crippen LogP contribution < -0.4 is 24.8 Å². The van der Waals surface area contributed by atoms with Gasteiger partial charge in [0, 0.05) is 24.1 Å². The molecule has 7 nitrogen and oxygen atoms in total. The van der Waals surface area contributed by atoms with Gasteiger partial charge >= 0.3 is 0 Å². The largest absolute Gasteiger partial charge is 0.494 e. The molecule has 0 fully saturated rings. The van der Waals surface area contributed by atoms with Crippen LogP contribution in [0.5, 0.6) is 17.2 Å². The Kier molecular flexibility index (Phi) is 10.8. The second-order valence-corrected chi connectivity index (χ2v) is 8.42. The molecule has 0 saturated carbocycles. The molecule has 0 heterocycles. The summed E-state index contributed by atoms with van der Waals surface area (Å²) in [6.45, 7) is 7.10. The first kappa shape index (κ1) is 27.6. The number of carbonyl (C=O) groups is 2. The molecule has 0 unspecified atom stereocenters. The minimum Gasteiger partial charge on any atom is -0.494 e. The maximum absolute atomic E-state index is 12.7. The Labute approximate surface area is 219 Å². The molecule has 7 heteroatoms. The van der Waals surface area contributed by atoms with Crippen LogP contribution in [0.15, 0.2) is 66.7 Å². The number of ether oxygens (including phenoxy) is 3. The maximum Gasteiger partial charge on any atom is 0.255 e. The molecule has 3 rings (SSSR count). The zero-order valence-electron chi connectivity index (χ0n) is 21.8. The SMILES string of the molecule is CCCc1ccc(OCCCC(=O)Nc2cc(OCC)c(NC(=O)c3ccccc3)cc2OCC)cc1. The Hall–Kier alpha value is -4.00. The highest BCUT2D eigenvalue weighted by Gasteiger charge is 2.17. The molecular formula is C30H36N2O5. The summed E-state index contributed by atoms with van der Waals surface area (Å²) >= 11 is 0. The van der Waals surface area contributed by atoms with Crippen LogP contribution in [-0.2, 0) is 11.2 Å². The van der Waals surface area contributed by atoms with Gasteiger partial charge < -0.3 is 24.8 Å². The van der Waals surface area contributed by atoms with E-state index in [0.29, 0.717) is 54.7 Å². The standard InChI is InChI=1S/C30H36N2O5/c1-4-11-22-15-17-24(18-16-22)37-19-10-14-29(33)31-25-20-28(36-6-3)26(21-27(25)35-5-2)32-30(34)23-12-8-7-9-13-23/h7-9,12-13,15-18,20-21H,4-6,10-11,14,19H2,1-3H3,(H,31,33)(H,32,34). The molecule has 0 spiro atoms. The van der Waals surface area contributed by atoms with Gasteiger partial charge in [-0.2, -0.15) is 0 Å². The Morgan fingerprint density at radius 3 is 1.97 bits per heavy atom. The summed E-state index contributed by atoms with van der Waals surface area (Å²) in [7, 11) is 0. The smallest absolute Gasteiger partial charge is 0.255 e. The number of amides is 2. The van der Waals surface area contributed by atoms with E-state index in [-0.39, 0.29) is 18.2 Å². The normalized spacial score (nSPS) is 10.5.